The molecule has 290 valence electrons. The smallest absolute Gasteiger partial charge is 0.313 e. The number of nitrogens with zero attached hydrogens (tertiary/aromatic N) is 2. The van der Waals surface area contributed by atoms with Crippen LogP contribution in [-0.4, -0.2) is 36.3 Å². The molecule has 0 saturated heterocycles. The fourth-order valence-corrected chi connectivity index (χ4v) is 7.17. The number of hydrogen-bond donors (Lipinski definition) is 2. The second-order valence-corrected chi connectivity index (χ2v) is 15.1. The second-order valence-electron chi connectivity index (χ2n) is 14.0. The van der Waals surface area contributed by atoms with Crippen LogP contribution in [0.4, 0.5) is 0 Å². The highest BCUT2D eigenvalue weighted by Gasteiger charge is 2.08. The van der Waals surface area contributed by atoms with Crippen LogP contribution in [0.3, 0.4) is 0 Å². The summed E-state index contributed by atoms with van der Waals surface area (Å²) in [5, 5.41) is 9.15. The van der Waals surface area contributed by atoms with Gasteiger partial charge in [0.25, 0.3) is 0 Å². The van der Waals surface area contributed by atoms with Crippen molar-refractivity contribution in [2.45, 2.75) is 130 Å². The number of aromatic nitrogens is 2. The van der Waals surface area contributed by atoms with Gasteiger partial charge in [-0.1, -0.05) is 126 Å². The Bertz CT molecular complexity index is 1690. The highest BCUT2D eigenvalue weighted by Crippen LogP contribution is 2.24. The van der Waals surface area contributed by atoms with E-state index in [1.807, 2.05) is 24.5 Å². The molecule has 4 aromatic rings. The van der Waals surface area contributed by atoms with E-state index in [2.05, 4.69) is 94.5 Å². The van der Waals surface area contributed by atoms with Crippen molar-refractivity contribution in [3.05, 3.63) is 83.2 Å². The molecule has 2 N–H and O–H groups in total. The van der Waals surface area contributed by atoms with Crippen molar-refractivity contribution in [1.29, 1.82) is 0 Å². The van der Waals surface area contributed by atoms with Gasteiger partial charge in [0.15, 0.2) is 0 Å². The van der Waals surface area contributed by atoms with Crippen molar-refractivity contribution in [2.75, 3.05) is 26.3 Å². The molecule has 0 bridgehead atoms. The van der Waals surface area contributed by atoms with Crippen molar-refractivity contribution in [3.8, 4) is 23.7 Å². The Hall–Kier alpha value is -3.55. The van der Waals surface area contributed by atoms with Gasteiger partial charge in [0.2, 0.25) is 0 Å². The molecule has 0 unspecified atom stereocenters. The molecule has 2 aromatic carbocycles. The predicted octanol–water partition coefficient (Wildman–Crippen LogP) is 11.1. The third-order valence-corrected chi connectivity index (χ3v) is 10.4. The molecule has 8 heteroatoms. The fourth-order valence-electron chi connectivity index (χ4n) is 6.46. The summed E-state index contributed by atoms with van der Waals surface area (Å²) >= 11 is 0. The van der Waals surface area contributed by atoms with E-state index < -0.39 is 8.25 Å². The van der Waals surface area contributed by atoms with E-state index in [1.54, 1.807) is 0 Å². The van der Waals surface area contributed by atoms with Crippen molar-refractivity contribution < 1.29 is 13.6 Å². The zero-order chi connectivity index (χ0) is 37.9. The lowest BCUT2D eigenvalue weighted by molar-refractivity contribution is 0.220. The minimum absolute atomic E-state index is 0.384. The zero-order valence-corrected chi connectivity index (χ0v) is 33.9. The van der Waals surface area contributed by atoms with Gasteiger partial charge in [-0.05, 0) is 74.2 Å². The first-order chi connectivity index (χ1) is 26.7. The van der Waals surface area contributed by atoms with E-state index in [-0.39, 0.29) is 0 Å². The van der Waals surface area contributed by atoms with Crippen LogP contribution >= 0.6 is 8.25 Å². The summed E-state index contributed by atoms with van der Waals surface area (Å²) in [6, 6.07) is 16.6. The maximum absolute atomic E-state index is 12.3. The standard InChI is InChI=1S/C46H63N4O3P/c1-3-5-7-9-11-13-15-17-23-39-27-29-41(45-43(39)25-19-33-49-45)37-47-31-21-35-52-54(51)53-36-22-32-48-38-42-30-28-40(44-26-20-34-50-46(42)44)24-18-16-14-12-10-8-6-4-2/h19-20,25-30,33-34,47-48,54H,3-16,21-22,31-32,35-38H2,1-2H3. The van der Waals surface area contributed by atoms with E-state index in [0.29, 0.717) is 26.3 Å². The Morgan fingerprint density at radius 2 is 1.02 bits per heavy atom. The Balaban J connectivity index is 1.07. The van der Waals surface area contributed by atoms with Gasteiger partial charge in [0.1, 0.15) is 0 Å². The van der Waals surface area contributed by atoms with E-state index in [9.17, 15) is 4.57 Å². The van der Waals surface area contributed by atoms with Crippen LogP contribution in [0.25, 0.3) is 21.8 Å². The molecule has 7 nitrogen and oxygen atoms in total. The maximum Gasteiger partial charge on any atom is 0.319 e. The minimum atomic E-state index is -2.52. The topological polar surface area (TPSA) is 85.4 Å². The first kappa shape index (κ1) is 43.2. The fraction of sp³-hybridized carbons (Fsp3) is 0.522. The van der Waals surface area contributed by atoms with Crippen molar-refractivity contribution in [3.63, 3.8) is 0 Å². The summed E-state index contributed by atoms with van der Waals surface area (Å²) < 4.78 is 23.2. The monoisotopic (exact) mass is 750 g/mol. The van der Waals surface area contributed by atoms with Crippen molar-refractivity contribution in [2.24, 2.45) is 0 Å². The summed E-state index contributed by atoms with van der Waals surface area (Å²) in [6.07, 6.45) is 22.4. The van der Waals surface area contributed by atoms with Crippen LogP contribution < -0.4 is 10.6 Å². The number of benzene rings is 2. The summed E-state index contributed by atoms with van der Waals surface area (Å²) in [7, 11) is -2.52. The van der Waals surface area contributed by atoms with Gasteiger partial charge in [-0.25, -0.2) is 0 Å². The molecule has 0 saturated carbocycles. The summed E-state index contributed by atoms with van der Waals surface area (Å²) in [4.78, 5) is 9.33. The van der Waals surface area contributed by atoms with Crippen LogP contribution in [0.15, 0.2) is 60.9 Å². The van der Waals surface area contributed by atoms with Gasteiger partial charge in [-0.15, -0.1) is 0 Å². The SMILES string of the molecule is CCCCCCCCC#Cc1ccc(CNCCCO[PH](=O)OCCCNCc2ccc(C#CCCCCCCCC)c3cccnc23)c2ncccc12. The molecule has 2 heterocycles. The van der Waals surface area contributed by atoms with Crippen molar-refractivity contribution in [1.82, 2.24) is 20.6 Å². The van der Waals surface area contributed by atoms with Crippen LogP contribution in [-0.2, 0) is 26.7 Å². The summed E-state index contributed by atoms with van der Waals surface area (Å²) in [5.74, 6) is 13.5. The lowest BCUT2D eigenvalue weighted by Gasteiger charge is -2.10. The third kappa shape index (κ3) is 16.0. The first-order valence-electron chi connectivity index (χ1n) is 20.6. The normalized spacial score (nSPS) is 11.2. The van der Waals surface area contributed by atoms with Crippen LogP contribution in [0, 0.1) is 23.7 Å². The van der Waals surface area contributed by atoms with E-state index >= 15 is 0 Å². The molecule has 0 aliphatic rings. The highest BCUT2D eigenvalue weighted by molar-refractivity contribution is 7.33. The van der Waals surface area contributed by atoms with Gasteiger partial charge in [-0.2, -0.15) is 0 Å². The molecule has 4 rings (SSSR count). The van der Waals surface area contributed by atoms with Crippen LogP contribution in [0.1, 0.15) is 139 Å². The largest absolute Gasteiger partial charge is 0.319 e. The number of unbranched alkanes of at least 4 members (excludes halogenated alkanes) is 12. The number of hydrogen-bond acceptors (Lipinski definition) is 7. The Kier molecular flexibility index (Phi) is 21.7. The molecule has 0 aliphatic heterocycles. The first-order valence-corrected chi connectivity index (χ1v) is 21.9. The van der Waals surface area contributed by atoms with Gasteiger partial charge >= 0.3 is 8.25 Å². The van der Waals surface area contributed by atoms with Gasteiger partial charge in [-0.3, -0.25) is 14.5 Å². The third-order valence-electron chi connectivity index (χ3n) is 9.53. The van der Waals surface area contributed by atoms with E-state index in [0.717, 1.165) is 82.8 Å². The van der Waals surface area contributed by atoms with Gasteiger partial charge in [0, 0.05) is 60.2 Å². The number of pyridine rings is 2. The summed E-state index contributed by atoms with van der Waals surface area (Å²) in [5.41, 5.74) is 6.34. The van der Waals surface area contributed by atoms with E-state index in [1.165, 1.54) is 77.0 Å². The molecule has 2 aromatic heterocycles. The highest BCUT2D eigenvalue weighted by atomic mass is 31.1. The number of nitrogens with one attached hydrogen (secondary N) is 2. The molecule has 54 heavy (non-hydrogen) atoms. The lowest BCUT2D eigenvalue weighted by Crippen LogP contribution is -2.17. The molecular weight excluding hydrogens is 688 g/mol. The Morgan fingerprint density at radius 3 is 1.48 bits per heavy atom. The molecule has 0 amide bonds. The Labute approximate surface area is 326 Å². The van der Waals surface area contributed by atoms with Gasteiger partial charge < -0.3 is 19.7 Å². The average Bonchev–Trinajstić information content (AvgIpc) is 3.20. The molecule has 0 radical (unpaired) electrons. The number of rotatable bonds is 26. The molecule has 0 aliphatic carbocycles. The second kappa shape index (κ2) is 27.1. The average molecular weight is 751 g/mol. The van der Waals surface area contributed by atoms with E-state index in [4.69, 9.17) is 9.05 Å². The van der Waals surface area contributed by atoms with Crippen LogP contribution in [0.2, 0.25) is 0 Å². The quantitative estimate of drug-likeness (QED) is 0.0375. The molecular formula is C46H63N4O3P. The zero-order valence-electron chi connectivity index (χ0n) is 32.9. The Morgan fingerprint density at radius 1 is 0.574 bits per heavy atom. The lowest BCUT2D eigenvalue weighted by atomic mass is 10.0. The molecule has 0 fully saturated rings. The van der Waals surface area contributed by atoms with Crippen LogP contribution in [0.5, 0.6) is 0 Å². The predicted molar refractivity (Wildman–Crippen MR) is 227 cm³/mol. The minimum Gasteiger partial charge on any atom is -0.313 e. The van der Waals surface area contributed by atoms with Crippen molar-refractivity contribution >= 4 is 30.1 Å². The molecule has 0 atom stereocenters. The maximum atomic E-state index is 12.3. The van der Waals surface area contributed by atoms with Gasteiger partial charge in [0.05, 0.1) is 24.2 Å². The molecule has 0 spiro atoms. The number of fused-ring (bicyclic) bond motifs is 2. The summed E-state index contributed by atoms with van der Waals surface area (Å²) in [6.45, 7) is 8.14.